The fraction of sp³-hybridized carbons (Fsp3) is 0.647. The Hall–Kier alpha value is -1.15. The molecule has 0 saturated carbocycles. The monoisotopic (exact) mass is 362 g/mol. The molecule has 2 N–H and O–H groups in total. The van der Waals surface area contributed by atoms with Gasteiger partial charge in [0.15, 0.2) is 0 Å². The minimum Gasteiger partial charge on any atom is -0.508 e. The zero-order chi connectivity index (χ0) is 18.3. The van der Waals surface area contributed by atoms with Gasteiger partial charge in [0.05, 0.1) is 6.61 Å². The summed E-state index contributed by atoms with van der Waals surface area (Å²) in [7, 11) is -4.41. The zero-order valence-electron chi connectivity index (χ0n) is 14.6. The molecule has 0 heterocycles. The maximum absolute atomic E-state index is 9.60. The molecule has 0 aliphatic carbocycles. The van der Waals surface area contributed by atoms with Crippen molar-refractivity contribution in [1.82, 2.24) is 0 Å². The van der Waals surface area contributed by atoms with Crippen molar-refractivity contribution in [1.29, 1.82) is 0 Å². The molecule has 0 unspecified atom stereocenters. The summed E-state index contributed by atoms with van der Waals surface area (Å²) >= 11 is 0. The highest BCUT2D eigenvalue weighted by molar-refractivity contribution is 7.80. The van der Waals surface area contributed by atoms with Gasteiger partial charge in [0, 0.05) is 0 Å². The highest BCUT2D eigenvalue weighted by Crippen LogP contribution is 2.18. The van der Waals surface area contributed by atoms with Crippen LogP contribution in [0.1, 0.15) is 64.4 Å². The van der Waals surface area contributed by atoms with Gasteiger partial charge in [-0.25, -0.2) is 4.89 Å². The molecule has 0 fully saturated rings. The fourth-order valence-electron chi connectivity index (χ4n) is 2.10. The van der Waals surface area contributed by atoms with Crippen LogP contribution in [0.25, 0.3) is 0 Å². The van der Waals surface area contributed by atoms with Crippen molar-refractivity contribution in [2.45, 2.75) is 65.2 Å². The second-order valence-electron chi connectivity index (χ2n) is 5.40. The van der Waals surface area contributed by atoms with Crippen molar-refractivity contribution in [2.24, 2.45) is 0 Å². The molecule has 0 spiro atoms. The third-order valence-electron chi connectivity index (χ3n) is 3.29. The lowest BCUT2D eigenvalue weighted by Gasteiger charge is -2.04. The van der Waals surface area contributed by atoms with E-state index in [0.29, 0.717) is 5.75 Å². The Morgan fingerprint density at radius 2 is 1.54 bits per heavy atom. The van der Waals surface area contributed by atoms with Crippen LogP contribution in [-0.2, 0) is 26.0 Å². The normalized spacial score (nSPS) is 11.0. The van der Waals surface area contributed by atoms with Crippen LogP contribution in [0, 0.1) is 0 Å². The van der Waals surface area contributed by atoms with Crippen molar-refractivity contribution in [3.63, 3.8) is 0 Å². The van der Waals surface area contributed by atoms with Crippen LogP contribution in [0.2, 0.25) is 0 Å². The Bertz CT molecular complexity index is 516. The van der Waals surface area contributed by atoms with Gasteiger partial charge in [-0.05, 0) is 31.4 Å². The van der Waals surface area contributed by atoms with Gasteiger partial charge in [-0.3, -0.25) is 4.55 Å². The standard InChI is InChI=1S/C15H24O.C2H6O5S/c1-2-3-4-5-6-7-8-11-14-12-9-10-13-15(14)16;1-2-6-7-8(3,4)5/h9-10,12-13,16H,2-8,11H2,1H3;2H2,1H3,(H,3,4,5). The summed E-state index contributed by atoms with van der Waals surface area (Å²) in [5.41, 5.74) is 1.09. The quantitative estimate of drug-likeness (QED) is 0.262. The number of aromatic hydroxyl groups is 1. The number of phenolic OH excluding ortho intramolecular Hbond substituents is 1. The van der Waals surface area contributed by atoms with E-state index < -0.39 is 10.4 Å². The highest BCUT2D eigenvalue weighted by Gasteiger charge is 2.02. The largest absolute Gasteiger partial charge is 0.508 e. The molecular weight excluding hydrogens is 332 g/mol. The molecule has 6 nitrogen and oxygen atoms in total. The van der Waals surface area contributed by atoms with E-state index >= 15 is 0 Å². The third-order valence-corrected chi connectivity index (χ3v) is 3.56. The molecule has 0 amide bonds. The Morgan fingerprint density at radius 3 is 2.04 bits per heavy atom. The Morgan fingerprint density at radius 1 is 0.958 bits per heavy atom. The number of phenols is 1. The van der Waals surface area contributed by atoms with Crippen molar-refractivity contribution < 1.29 is 27.3 Å². The topological polar surface area (TPSA) is 93.1 Å². The summed E-state index contributed by atoms with van der Waals surface area (Å²) in [6.45, 7) is 3.84. The van der Waals surface area contributed by atoms with E-state index in [-0.39, 0.29) is 6.61 Å². The molecule has 0 atom stereocenters. The molecule has 1 aromatic carbocycles. The average molecular weight is 362 g/mol. The minimum atomic E-state index is -4.41. The smallest absolute Gasteiger partial charge is 0.424 e. The van der Waals surface area contributed by atoms with Crippen LogP contribution in [-0.4, -0.2) is 24.7 Å². The van der Waals surface area contributed by atoms with E-state index in [9.17, 15) is 13.5 Å². The summed E-state index contributed by atoms with van der Waals surface area (Å²) in [5, 5.41) is 9.58. The van der Waals surface area contributed by atoms with E-state index in [2.05, 4.69) is 16.1 Å². The minimum absolute atomic E-state index is 0.0692. The molecule has 0 aliphatic heterocycles. The number of para-hydroxylation sites is 1. The van der Waals surface area contributed by atoms with Crippen LogP contribution in [0.15, 0.2) is 24.3 Å². The van der Waals surface area contributed by atoms with Gasteiger partial charge in [0.2, 0.25) is 0 Å². The van der Waals surface area contributed by atoms with Crippen molar-refractivity contribution in [3.8, 4) is 5.75 Å². The Kier molecular flexibility index (Phi) is 13.5. The average Bonchev–Trinajstić information content (AvgIpc) is 2.53. The molecule has 1 rings (SSSR count). The van der Waals surface area contributed by atoms with Gasteiger partial charge in [-0.1, -0.05) is 68.0 Å². The first-order valence-electron chi connectivity index (χ1n) is 8.46. The van der Waals surface area contributed by atoms with Crippen LogP contribution in [0.5, 0.6) is 5.75 Å². The zero-order valence-corrected chi connectivity index (χ0v) is 15.4. The van der Waals surface area contributed by atoms with Crippen LogP contribution in [0.3, 0.4) is 0 Å². The lowest BCUT2D eigenvalue weighted by molar-refractivity contribution is -0.203. The molecule has 7 heteroatoms. The van der Waals surface area contributed by atoms with Crippen LogP contribution in [0.4, 0.5) is 0 Å². The van der Waals surface area contributed by atoms with Gasteiger partial charge in [0.1, 0.15) is 5.75 Å². The maximum Gasteiger partial charge on any atom is 0.424 e. The predicted molar refractivity (Wildman–Crippen MR) is 94.1 cm³/mol. The van der Waals surface area contributed by atoms with Crippen molar-refractivity contribution >= 4 is 10.4 Å². The number of benzene rings is 1. The molecular formula is C17H30O6S. The molecule has 0 bridgehead atoms. The predicted octanol–water partition coefficient (Wildman–Crippen LogP) is 4.44. The lowest BCUT2D eigenvalue weighted by atomic mass is 10.0. The number of hydrogen-bond donors (Lipinski definition) is 2. The van der Waals surface area contributed by atoms with Gasteiger partial charge in [-0.15, -0.1) is 0 Å². The molecule has 0 radical (unpaired) electrons. The second-order valence-corrected chi connectivity index (χ2v) is 6.39. The first-order valence-corrected chi connectivity index (χ1v) is 9.82. The van der Waals surface area contributed by atoms with Crippen molar-refractivity contribution in [3.05, 3.63) is 29.8 Å². The molecule has 0 aliphatic rings. The SMILES string of the molecule is CCCCCCCCCc1ccccc1O.CCOOS(=O)(=O)O. The van der Waals surface area contributed by atoms with Crippen LogP contribution >= 0.6 is 0 Å². The number of hydrogen-bond acceptors (Lipinski definition) is 5. The van der Waals surface area contributed by atoms with Gasteiger partial charge < -0.3 is 5.11 Å². The first kappa shape index (κ1) is 22.9. The van der Waals surface area contributed by atoms with Gasteiger partial charge >= 0.3 is 10.4 Å². The summed E-state index contributed by atoms with van der Waals surface area (Å²) in [4.78, 5) is 3.86. The Balaban J connectivity index is 0.000000561. The van der Waals surface area contributed by atoms with E-state index in [1.807, 2.05) is 18.2 Å². The van der Waals surface area contributed by atoms with Gasteiger partial charge in [-0.2, -0.15) is 8.42 Å². The molecule has 0 saturated heterocycles. The number of rotatable bonds is 11. The van der Waals surface area contributed by atoms with Crippen LogP contribution < -0.4 is 0 Å². The second kappa shape index (κ2) is 14.2. The Labute approximate surface area is 145 Å². The highest BCUT2D eigenvalue weighted by atomic mass is 32.3. The summed E-state index contributed by atoms with van der Waals surface area (Å²) in [6, 6.07) is 7.67. The van der Waals surface area contributed by atoms with E-state index in [1.54, 1.807) is 6.07 Å². The third kappa shape index (κ3) is 14.4. The van der Waals surface area contributed by atoms with Gasteiger partial charge in [0.25, 0.3) is 0 Å². The summed E-state index contributed by atoms with van der Waals surface area (Å²) in [6.07, 6.45) is 10.3. The maximum atomic E-state index is 9.60. The van der Waals surface area contributed by atoms with E-state index in [0.717, 1.165) is 12.0 Å². The molecule has 0 aromatic heterocycles. The van der Waals surface area contributed by atoms with Crippen molar-refractivity contribution in [2.75, 3.05) is 6.61 Å². The summed E-state index contributed by atoms with van der Waals surface area (Å²) < 4.78 is 30.4. The van der Waals surface area contributed by atoms with E-state index in [4.69, 9.17) is 4.55 Å². The lowest BCUT2D eigenvalue weighted by Crippen LogP contribution is -2.03. The van der Waals surface area contributed by atoms with E-state index in [1.165, 1.54) is 51.9 Å². The molecule has 1 aromatic rings. The number of aryl methyl sites for hydroxylation is 1. The fourth-order valence-corrected chi connectivity index (χ4v) is 2.32. The summed E-state index contributed by atoms with van der Waals surface area (Å²) in [5.74, 6) is 0.452. The molecule has 140 valence electrons. The first-order chi connectivity index (χ1) is 11.4. The number of unbranched alkanes of at least 4 members (excludes halogenated alkanes) is 6. The molecule has 24 heavy (non-hydrogen) atoms.